The van der Waals surface area contributed by atoms with E-state index in [4.69, 9.17) is 0 Å². The van der Waals surface area contributed by atoms with Crippen LogP contribution in [0.1, 0.15) is 32.1 Å². The third-order valence-corrected chi connectivity index (χ3v) is 5.51. The van der Waals surface area contributed by atoms with Crippen LogP contribution in [0.3, 0.4) is 0 Å². The van der Waals surface area contributed by atoms with E-state index in [2.05, 4.69) is 18.2 Å². The summed E-state index contributed by atoms with van der Waals surface area (Å²) in [6.45, 7) is 0. The Labute approximate surface area is 74.8 Å². The Bertz CT molecular complexity index is 287. The molecule has 3 aliphatic carbocycles. The van der Waals surface area contributed by atoms with E-state index in [9.17, 15) is 0 Å². The molecule has 0 unspecified atom stereocenters. The maximum Gasteiger partial charge on any atom is -0.00834 e. The molecule has 0 aliphatic heterocycles. The first-order valence-electron chi connectivity index (χ1n) is 4.82. The minimum Gasteiger partial charge on any atom is -0.0802 e. The Kier molecular flexibility index (Phi) is 1.52. The third kappa shape index (κ3) is 1.19. The van der Waals surface area contributed by atoms with E-state index in [-0.39, 0.29) is 7.92 Å². The molecule has 0 aromatic carbocycles. The van der Waals surface area contributed by atoms with Crippen LogP contribution >= 0.6 is 7.92 Å². The summed E-state index contributed by atoms with van der Waals surface area (Å²) in [5.41, 5.74) is 0. The summed E-state index contributed by atoms with van der Waals surface area (Å²) in [4.78, 5) is 0. The Morgan fingerprint density at radius 3 is 2.00 bits per heavy atom. The quantitative estimate of drug-likeness (QED) is 0.567. The van der Waals surface area contributed by atoms with Crippen molar-refractivity contribution in [1.29, 1.82) is 0 Å². The second-order valence-electron chi connectivity index (χ2n) is 3.72. The van der Waals surface area contributed by atoms with Gasteiger partial charge in [0.2, 0.25) is 0 Å². The van der Waals surface area contributed by atoms with Gasteiger partial charge in [-0.25, -0.2) is 0 Å². The van der Waals surface area contributed by atoms with E-state index >= 15 is 0 Å². The van der Waals surface area contributed by atoms with Gasteiger partial charge < -0.3 is 0 Å². The molecule has 1 heteroatoms. The fourth-order valence-electron chi connectivity index (χ4n) is 1.87. The molecule has 0 saturated heterocycles. The summed E-state index contributed by atoms with van der Waals surface area (Å²) in [5.74, 6) is 0. The molecule has 0 N–H and O–H groups in total. The zero-order valence-corrected chi connectivity index (χ0v) is 8.11. The van der Waals surface area contributed by atoms with Crippen LogP contribution < -0.4 is 0 Å². The molecule has 0 heterocycles. The molecule has 0 aromatic heterocycles. The van der Waals surface area contributed by atoms with Crippen LogP contribution in [0.2, 0.25) is 0 Å². The largest absolute Gasteiger partial charge is 0.0802 e. The average molecular weight is 176 g/mol. The van der Waals surface area contributed by atoms with E-state index in [1.54, 1.807) is 15.9 Å². The van der Waals surface area contributed by atoms with Crippen molar-refractivity contribution in [3.63, 3.8) is 0 Å². The molecule has 0 saturated carbocycles. The molecule has 0 aromatic rings. The predicted molar refractivity (Wildman–Crippen MR) is 54.3 cm³/mol. The van der Waals surface area contributed by atoms with E-state index in [1.807, 2.05) is 0 Å². The smallest absolute Gasteiger partial charge is 0.00834 e. The standard InChI is InChI=1S/C11H13P/c1-2-4-9(3-1)12(10-5-6-10)11-7-8-11/h3,5,7H,1-2,4,6,8H2. The molecular formula is C11H13P. The maximum atomic E-state index is 2.50. The molecule has 62 valence electrons. The molecule has 0 bridgehead atoms. The highest BCUT2D eigenvalue weighted by Crippen LogP contribution is 2.70. The third-order valence-electron chi connectivity index (χ3n) is 2.65. The Hall–Kier alpha value is -0.350. The molecule has 0 atom stereocenters. The van der Waals surface area contributed by atoms with Crippen molar-refractivity contribution in [2.75, 3.05) is 0 Å². The minimum atomic E-state index is 0.126. The lowest BCUT2D eigenvalue weighted by atomic mass is 10.4. The topological polar surface area (TPSA) is 0 Å². The van der Waals surface area contributed by atoms with Gasteiger partial charge in [0.15, 0.2) is 0 Å². The Morgan fingerprint density at radius 1 is 0.917 bits per heavy atom. The first-order chi connectivity index (χ1) is 5.95. The number of hydrogen-bond donors (Lipinski definition) is 0. The van der Waals surface area contributed by atoms with E-state index < -0.39 is 0 Å². The van der Waals surface area contributed by atoms with Gasteiger partial charge in [0.05, 0.1) is 0 Å². The fraction of sp³-hybridized carbons (Fsp3) is 0.455. The van der Waals surface area contributed by atoms with Crippen LogP contribution in [0, 0.1) is 0 Å². The van der Waals surface area contributed by atoms with Crippen molar-refractivity contribution in [3.05, 3.63) is 34.2 Å². The molecule has 12 heavy (non-hydrogen) atoms. The summed E-state index contributed by atoms with van der Waals surface area (Å²) in [6.07, 6.45) is 14.1. The monoisotopic (exact) mass is 176 g/mol. The molecule has 0 nitrogen and oxygen atoms in total. The maximum absolute atomic E-state index is 2.50. The molecule has 0 spiro atoms. The van der Waals surface area contributed by atoms with E-state index in [1.165, 1.54) is 32.1 Å². The highest BCUT2D eigenvalue weighted by Gasteiger charge is 2.31. The number of rotatable bonds is 3. The van der Waals surface area contributed by atoms with E-state index in [0.29, 0.717) is 0 Å². The van der Waals surface area contributed by atoms with Gasteiger partial charge in [-0.3, -0.25) is 0 Å². The predicted octanol–water partition coefficient (Wildman–Crippen LogP) is 4.11. The van der Waals surface area contributed by atoms with Gasteiger partial charge in [-0.05, 0) is 56.0 Å². The lowest BCUT2D eigenvalue weighted by molar-refractivity contribution is 0.924. The second kappa shape index (κ2) is 2.57. The Balaban J connectivity index is 1.85. The number of allylic oxidation sites excluding steroid dienone is 6. The average Bonchev–Trinajstić information content (AvgIpc) is 2.95. The molecule has 0 amide bonds. The summed E-state index contributed by atoms with van der Waals surface area (Å²) in [5, 5.41) is 5.32. The Morgan fingerprint density at radius 2 is 1.58 bits per heavy atom. The normalized spacial score (nSPS) is 25.2. The van der Waals surface area contributed by atoms with Crippen molar-refractivity contribution in [2.45, 2.75) is 32.1 Å². The summed E-state index contributed by atoms with van der Waals surface area (Å²) in [7, 11) is 0.126. The minimum absolute atomic E-state index is 0.126. The van der Waals surface area contributed by atoms with Crippen LogP contribution in [-0.4, -0.2) is 0 Å². The SMILES string of the molecule is C1=C(P(C2=CC2)C2=CCCC2)C1. The lowest BCUT2D eigenvalue weighted by Crippen LogP contribution is -1.74. The van der Waals surface area contributed by atoms with Gasteiger partial charge in [-0.15, -0.1) is 0 Å². The van der Waals surface area contributed by atoms with Crippen molar-refractivity contribution < 1.29 is 0 Å². The van der Waals surface area contributed by atoms with Gasteiger partial charge in [-0.2, -0.15) is 0 Å². The summed E-state index contributed by atoms with van der Waals surface area (Å²) >= 11 is 0. The first-order valence-corrected chi connectivity index (χ1v) is 6.16. The number of hydrogen-bond acceptors (Lipinski definition) is 0. The summed E-state index contributed by atoms with van der Waals surface area (Å²) in [6, 6.07) is 0. The molecule has 3 rings (SSSR count). The van der Waals surface area contributed by atoms with Gasteiger partial charge in [0, 0.05) is 0 Å². The first kappa shape index (κ1) is 7.09. The van der Waals surface area contributed by atoms with Crippen LogP contribution in [-0.2, 0) is 0 Å². The molecule has 3 aliphatic rings. The van der Waals surface area contributed by atoms with Gasteiger partial charge in [0.25, 0.3) is 0 Å². The van der Waals surface area contributed by atoms with Crippen molar-refractivity contribution >= 4 is 7.92 Å². The van der Waals surface area contributed by atoms with Crippen LogP contribution in [0.15, 0.2) is 34.2 Å². The van der Waals surface area contributed by atoms with Gasteiger partial charge in [0.1, 0.15) is 0 Å². The van der Waals surface area contributed by atoms with Crippen LogP contribution in [0.25, 0.3) is 0 Å². The zero-order chi connectivity index (χ0) is 7.97. The second-order valence-corrected chi connectivity index (χ2v) is 6.12. The van der Waals surface area contributed by atoms with Gasteiger partial charge in [-0.1, -0.05) is 18.2 Å². The molecule has 0 radical (unpaired) electrons. The van der Waals surface area contributed by atoms with Crippen molar-refractivity contribution in [2.24, 2.45) is 0 Å². The summed E-state index contributed by atoms with van der Waals surface area (Å²) < 4.78 is 0. The zero-order valence-electron chi connectivity index (χ0n) is 7.21. The van der Waals surface area contributed by atoms with Crippen LogP contribution in [0.5, 0.6) is 0 Å². The highest BCUT2D eigenvalue weighted by atomic mass is 31.1. The molecule has 0 fully saturated rings. The molecular weight excluding hydrogens is 163 g/mol. The van der Waals surface area contributed by atoms with Crippen LogP contribution in [0.4, 0.5) is 0 Å². The highest BCUT2D eigenvalue weighted by molar-refractivity contribution is 7.71. The lowest BCUT2D eigenvalue weighted by Gasteiger charge is -2.12. The van der Waals surface area contributed by atoms with E-state index in [0.717, 1.165) is 0 Å². The fourth-order valence-corrected chi connectivity index (χ4v) is 4.58. The van der Waals surface area contributed by atoms with Crippen molar-refractivity contribution in [3.8, 4) is 0 Å². The van der Waals surface area contributed by atoms with Gasteiger partial charge >= 0.3 is 0 Å². The van der Waals surface area contributed by atoms with Crippen molar-refractivity contribution in [1.82, 2.24) is 0 Å².